The van der Waals surface area contributed by atoms with Crippen molar-refractivity contribution in [3.63, 3.8) is 0 Å². The average molecular weight is 368 g/mol. The van der Waals surface area contributed by atoms with E-state index in [0.29, 0.717) is 10.5 Å². The number of nitro benzene ring substituents is 1. The van der Waals surface area contributed by atoms with Gasteiger partial charge in [-0.2, -0.15) is 0 Å². The van der Waals surface area contributed by atoms with Crippen molar-refractivity contribution in [1.82, 2.24) is 0 Å². The third-order valence-electron chi connectivity index (χ3n) is 2.77. The first-order valence-corrected chi connectivity index (χ1v) is 7.45. The number of benzene rings is 2. The van der Waals surface area contributed by atoms with E-state index in [1.807, 2.05) is 0 Å². The van der Waals surface area contributed by atoms with Gasteiger partial charge in [-0.15, -0.1) is 0 Å². The van der Waals surface area contributed by atoms with E-state index in [1.54, 1.807) is 31.2 Å². The number of nitro groups is 1. The van der Waals surface area contributed by atoms with Crippen LogP contribution in [0.25, 0.3) is 0 Å². The maximum Gasteiger partial charge on any atom is 0.336 e. The fourth-order valence-electron chi connectivity index (χ4n) is 1.78. The molecule has 0 heterocycles. The lowest BCUT2D eigenvalue weighted by molar-refractivity contribution is -0.385. The highest BCUT2D eigenvalue weighted by atomic mass is 79.9. The average Bonchev–Trinajstić information content (AvgIpc) is 2.37. The van der Waals surface area contributed by atoms with Crippen LogP contribution in [0, 0.1) is 17.0 Å². The molecule has 5 nitrogen and oxygen atoms in total. The molecule has 0 atom stereocenters. The Morgan fingerprint density at radius 1 is 1.29 bits per heavy atom. The van der Waals surface area contributed by atoms with Crippen LogP contribution in [0.15, 0.2) is 50.7 Å². The van der Waals surface area contributed by atoms with Crippen LogP contribution in [-0.4, -0.2) is 16.0 Å². The van der Waals surface area contributed by atoms with Crippen molar-refractivity contribution in [2.75, 3.05) is 0 Å². The van der Waals surface area contributed by atoms with Crippen LogP contribution in [0.1, 0.15) is 15.9 Å². The van der Waals surface area contributed by atoms with E-state index in [4.69, 9.17) is 0 Å². The molecule has 0 saturated heterocycles. The van der Waals surface area contributed by atoms with Gasteiger partial charge in [0.25, 0.3) is 5.69 Å². The third-order valence-corrected chi connectivity index (χ3v) is 4.31. The Morgan fingerprint density at radius 2 is 2.00 bits per heavy atom. The lowest BCUT2D eigenvalue weighted by atomic mass is 10.2. The van der Waals surface area contributed by atoms with E-state index >= 15 is 0 Å². The second-order valence-corrected chi connectivity index (χ2v) is 6.28. The van der Waals surface area contributed by atoms with E-state index in [-0.39, 0.29) is 11.3 Å². The van der Waals surface area contributed by atoms with Gasteiger partial charge in [-0.05, 0) is 37.3 Å². The minimum Gasteiger partial charge on any atom is -0.478 e. The number of rotatable bonds is 4. The maximum atomic E-state index is 11.2. The fraction of sp³-hybridized carbons (Fsp3) is 0.0714. The van der Waals surface area contributed by atoms with E-state index in [0.717, 1.165) is 9.37 Å². The van der Waals surface area contributed by atoms with E-state index in [1.165, 1.54) is 23.9 Å². The van der Waals surface area contributed by atoms with Crippen LogP contribution in [-0.2, 0) is 0 Å². The van der Waals surface area contributed by atoms with Crippen molar-refractivity contribution in [3.05, 3.63) is 62.1 Å². The monoisotopic (exact) mass is 367 g/mol. The number of aryl methyl sites for hydroxylation is 1. The molecule has 0 fully saturated rings. The molecule has 1 N–H and O–H groups in total. The molecule has 108 valence electrons. The van der Waals surface area contributed by atoms with Crippen molar-refractivity contribution in [2.24, 2.45) is 0 Å². The van der Waals surface area contributed by atoms with Gasteiger partial charge in [-0.1, -0.05) is 27.7 Å². The molecule has 0 aromatic heterocycles. The Labute approximate surface area is 133 Å². The number of carbonyl (C=O) groups is 1. The van der Waals surface area contributed by atoms with Crippen LogP contribution in [0.5, 0.6) is 0 Å². The summed E-state index contributed by atoms with van der Waals surface area (Å²) in [5.41, 5.74) is 0.781. The molecule has 2 aromatic carbocycles. The highest BCUT2D eigenvalue weighted by molar-refractivity contribution is 9.10. The Bertz CT molecular complexity index is 733. The predicted octanol–water partition coefficient (Wildman–Crippen LogP) is 4.52. The molecule has 0 unspecified atom stereocenters. The van der Waals surface area contributed by atoms with Crippen LogP contribution < -0.4 is 0 Å². The normalized spacial score (nSPS) is 10.4. The van der Waals surface area contributed by atoms with Gasteiger partial charge in [0.15, 0.2) is 0 Å². The summed E-state index contributed by atoms with van der Waals surface area (Å²) in [6.07, 6.45) is 0. The van der Waals surface area contributed by atoms with Crippen LogP contribution in [0.3, 0.4) is 0 Å². The molecule has 0 aliphatic carbocycles. The molecule has 0 saturated carbocycles. The maximum absolute atomic E-state index is 11.2. The van der Waals surface area contributed by atoms with Gasteiger partial charge in [-0.3, -0.25) is 10.1 Å². The number of nitrogens with zero attached hydrogens (tertiary/aromatic N) is 1. The van der Waals surface area contributed by atoms with Crippen LogP contribution in [0.2, 0.25) is 0 Å². The fourth-order valence-corrected chi connectivity index (χ4v) is 3.37. The Morgan fingerprint density at radius 3 is 2.57 bits per heavy atom. The molecule has 21 heavy (non-hydrogen) atoms. The van der Waals surface area contributed by atoms with Crippen LogP contribution >= 0.6 is 27.7 Å². The summed E-state index contributed by atoms with van der Waals surface area (Å²) in [4.78, 5) is 22.9. The molecule has 0 bridgehead atoms. The smallest absolute Gasteiger partial charge is 0.336 e. The summed E-state index contributed by atoms with van der Waals surface area (Å²) < 4.78 is 0.772. The Balaban J connectivity index is 2.38. The second-order valence-electron chi connectivity index (χ2n) is 4.25. The first kappa shape index (κ1) is 15.5. The first-order chi connectivity index (χ1) is 9.88. The number of carboxylic acids is 1. The summed E-state index contributed by atoms with van der Waals surface area (Å²) in [6, 6.07) is 9.61. The van der Waals surface area contributed by atoms with E-state index in [9.17, 15) is 20.0 Å². The lowest BCUT2D eigenvalue weighted by Gasteiger charge is -2.07. The number of aromatic carboxylic acids is 1. The highest BCUT2D eigenvalue weighted by Gasteiger charge is 2.14. The van der Waals surface area contributed by atoms with Gasteiger partial charge in [0.05, 0.1) is 10.5 Å². The lowest BCUT2D eigenvalue weighted by Crippen LogP contribution is -1.98. The molecule has 0 amide bonds. The molecule has 2 rings (SSSR count). The highest BCUT2D eigenvalue weighted by Crippen LogP contribution is 2.34. The molecule has 7 heteroatoms. The Kier molecular flexibility index (Phi) is 4.64. The topological polar surface area (TPSA) is 80.4 Å². The van der Waals surface area contributed by atoms with Crippen molar-refractivity contribution >= 4 is 39.3 Å². The summed E-state index contributed by atoms with van der Waals surface area (Å²) in [5.74, 6) is -1.01. The zero-order valence-corrected chi connectivity index (χ0v) is 13.3. The summed E-state index contributed by atoms with van der Waals surface area (Å²) >= 11 is 4.57. The number of halogens is 1. The minimum absolute atomic E-state index is 0.0482. The van der Waals surface area contributed by atoms with Crippen molar-refractivity contribution in [1.29, 1.82) is 0 Å². The summed E-state index contributed by atoms with van der Waals surface area (Å²) in [5, 5.41) is 20.0. The molecule has 0 aliphatic rings. The molecule has 0 aliphatic heterocycles. The molecule has 0 radical (unpaired) electrons. The zero-order chi connectivity index (χ0) is 15.6. The van der Waals surface area contributed by atoms with Gasteiger partial charge in [0.1, 0.15) is 0 Å². The van der Waals surface area contributed by atoms with Gasteiger partial charge in [0, 0.05) is 25.9 Å². The first-order valence-electron chi connectivity index (χ1n) is 5.84. The molecular weight excluding hydrogens is 358 g/mol. The molecular formula is C14H10BrNO4S. The van der Waals surface area contributed by atoms with Gasteiger partial charge in [-0.25, -0.2) is 4.79 Å². The zero-order valence-electron chi connectivity index (χ0n) is 10.9. The van der Waals surface area contributed by atoms with Gasteiger partial charge < -0.3 is 5.11 Å². The molecule has 2 aromatic rings. The molecule has 0 spiro atoms. The Hall–Kier alpha value is -1.86. The number of hydrogen-bond donors (Lipinski definition) is 1. The number of carboxylic acid groups (broad SMARTS) is 1. The number of hydrogen-bond acceptors (Lipinski definition) is 4. The van der Waals surface area contributed by atoms with E-state index in [2.05, 4.69) is 15.9 Å². The largest absolute Gasteiger partial charge is 0.478 e. The third kappa shape index (κ3) is 3.62. The van der Waals surface area contributed by atoms with Crippen LogP contribution in [0.4, 0.5) is 5.69 Å². The van der Waals surface area contributed by atoms with Crippen molar-refractivity contribution in [2.45, 2.75) is 16.7 Å². The van der Waals surface area contributed by atoms with Crippen molar-refractivity contribution in [3.8, 4) is 0 Å². The van der Waals surface area contributed by atoms with Gasteiger partial charge >= 0.3 is 5.97 Å². The SMILES string of the molecule is Cc1cc(Sc2cc(Br)ccc2C(=O)O)ccc1[N+](=O)[O-]. The van der Waals surface area contributed by atoms with Gasteiger partial charge in [0.2, 0.25) is 0 Å². The predicted molar refractivity (Wildman–Crippen MR) is 83.1 cm³/mol. The quantitative estimate of drug-likeness (QED) is 0.634. The second kappa shape index (κ2) is 6.28. The summed E-state index contributed by atoms with van der Waals surface area (Å²) in [7, 11) is 0. The minimum atomic E-state index is -1.01. The van der Waals surface area contributed by atoms with Crippen molar-refractivity contribution < 1.29 is 14.8 Å². The van der Waals surface area contributed by atoms with E-state index < -0.39 is 10.9 Å². The standard InChI is InChI=1S/C14H10BrNO4S/c1-8-6-10(3-5-12(8)16(19)20)21-13-7-9(15)2-4-11(13)14(17)18/h2-7H,1H3,(H,17,18). The summed E-state index contributed by atoms with van der Waals surface area (Å²) in [6.45, 7) is 1.65.